The largest absolute Gasteiger partial charge is 0.336 e. The van der Waals surface area contributed by atoms with Gasteiger partial charge in [0.2, 0.25) is 0 Å². The van der Waals surface area contributed by atoms with Gasteiger partial charge in [0, 0.05) is 18.7 Å². The van der Waals surface area contributed by atoms with Gasteiger partial charge in [0.15, 0.2) is 5.82 Å². The second-order valence-electron chi connectivity index (χ2n) is 7.65. The number of amides is 1. The van der Waals surface area contributed by atoms with Gasteiger partial charge >= 0.3 is 0 Å². The second kappa shape index (κ2) is 6.79. The maximum absolute atomic E-state index is 12.9. The minimum absolute atomic E-state index is 0.0780. The van der Waals surface area contributed by atoms with Gasteiger partial charge < -0.3 is 4.90 Å². The third-order valence-corrected chi connectivity index (χ3v) is 5.99. The van der Waals surface area contributed by atoms with E-state index in [1.54, 1.807) is 0 Å². The van der Waals surface area contributed by atoms with Crippen molar-refractivity contribution < 1.29 is 4.79 Å². The summed E-state index contributed by atoms with van der Waals surface area (Å²) in [4.78, 5) is 17.0. The maximum atomic E-state index is 12.9. The molecule has 0 N–H and O–H groups in total. The summed E-state index contributed by atoms with van der Waals surface area (Å²) in [7, 11) is 4.12. The fourth-order valence-electron chi connectivity index (χ4n) is 4.37. The van der Waals surface area contributed by atoms with E-state index in [0.717, 1.165) is 30.7 Å². The smallest absolute Gasteiger partial charge is 0.253 e. The van der Waals surface area contributed by atoms with Gasteiger partial charge in [-0.15, -0.1) is 5.10 Å². The van der Waals surface area contributed by atoms with Gasteiger partial charge in [-0.1, -0.05) is 31.0 Å². The van der Waals surface area contributed by atoms with Gasteiger partial charge in [-0.05, 0) is 55.9 Å². The number of carbonyl (C=O) groups is 1. The lowest BCUT2D eigenvalue weighted by Gasteiger charge is -2.35. The fraction of sp³-hybridized carbons (Fsp3) is 0.579. The zero-order chi connectivity index (χ0) is 18.1. The molecule has 1 aliphatic carbocycles. The zero-order valence-corrected chi connectivity index (χ0v) is 15.5. The van der Waals surface area contributed by atoms with Crippen LogP contribution >= 0.6 is 0 Å². The van der Waals surface area contributed by atoms with E-state index in [1.165, 1.54) is 12.8 Å². The van der Waals surface area contributed by atoms with Gasteiger partial charge in [-0.25, -0.2) is 4.68 Å². The van der Waals surface area contributed by atoms with E-state index in [4.69, 9.17) is 0 Å². The first-order chi connectivity index (χ1) is 12.6. The van der Waals surface area contributed by atoms with Crippen molar-refractivity contribution in [3.63, 3.8) is 0 Å². The Balaban J connectivity index is 1.63. The molecular weight excluding hydrogens is 328 g/mol. The summed E-state index contributed by atoms with van der Waals surface area (Å²) in [6.45, 7) is 1.32. The fourth-order valence-corrected chi connectivity index (χ4v) is 4.37. The van der Waals surface area contributed by atoms with Crippen LogP contribution in [0.5, 0.6) is 0 Å². The van der Waals surface area contributed by atoms with Crippen molar-refractivity contribution in [3.05, 3.63) is 41.7 Å². The first-order valence-corrected chi connectivity index (χ1v) is 9.42. The van der Waals surface area contributed by atoms with Crippen molar-refractivity contribution in [2.24, 2.45) is 0 Å². The van der Waals surface area contributed by atoms with Crippen molar-refractivity contribution in [2.75, 3.05) is 27.2 Å². The number of likely N-dealkylation sites (N-methyl/N-ethyl adjacent to an activating group) is 1. The molecule has 1 unspecified atom stereocenters. The van der Waals surface area contributed by atoms with Crippen LogP contribution in [0.15, 0.2) is 30.3 Å². The van der Waals surface area contributed by atoms with E-state index in [9.17, 15) is 4.79 Å². The molecule has 7 heteroatoms. The molecule has 0 bridgehead atoms. The molecule has 0 spiro atoms. The normalized spacial score (nSPS) is 23.9. The highest BCUT2D eigenvalue weighted by molar-refractivity contribution is 5.94. The number of aromatic nitrogens is 4. The molecule has 2 aliphatic rings. The molecule has 1 aromatic heterocycles. The van der Waals surface area contributed by atoms with Crippen LogP contribution in [0.3, 0.4) is 0 Å². The molecule has 26 heavy (non-hydrogen) atoms. The average molecular weight is 354 g/mol. The number of likely N-dealkylation sites (tertiary alicyclic amines) is 1. The van der Waals surface area contributed by atoms with Gasteiger partial charge in [-0.2, -0.15) is 0 Å². The van der Waals surface area contributed by atoms with Crippen LogP contribution in [-0.2, 0) is 5.54 Å². The molecule has 138 valence electrons. The molecular formula is C19H26N6O. The van der Waals surface area contributed by atoms with Crippen LogP contribution in [0.1, 0.15) is 54.3 Å². The molecule has 2 heterocycles. The number of rotatable bonds is 4. The summed E-state index contributed by atoms with van der Waals surface area (Å²) < 4.78 is 2.03. The molecule has 1 atom stereocenters. The van der Waals surface area contributed by atoms with Crippen LogP contribution in [0, 0.1) is 0 Å². The first kappa shape index (κ1) is 17.1. The van der Waals surface area contributed by atoms with E-state index in [2.05, 4.69) is 34.5 Å². The summed E-state index contributed by atoms with van der Waals surface area (Å²) in [5.74, 6) is 0.979. The lowest BCUT2D eigenvalue weighted by Crippen LogP contribution is -2.47. The molecule has 1 amide bonds. The number of hydrogen-bond acceptors (Lipinski definition) is 5. The molecule has 2 aromatic rings. The van der Waals surface area contributed by atoms with Crippen molar-refractivity contribution in [1.29, 1.82) is 0 Å². The average Bonchev–Trinajstić information content (AvgIpc) is 3.40. The van der Waals surface area contributed by atoms with Gasteiger partial charge in [0.05, 0.1) is 6.04 Å². The molecule has 4 rings (SSSR count). The molecule has 1 saturated heterocycles. The summed E-state index contributed by atoms with van der Waals surface area (Å²) in [5, 5.41) is 12.7. The Morgan fingerprint density at radius 2 is 1.92 bits per heavy atom. The number of benzene rings is 1. The van der Waals surface area contributed by atoms with Crippen LogP contribution in [0.25, 0.3) is 0 Å². The van der Waals surface area contributed by atoms with Crippen molar-refractivity contribution in [3.8, 4) is 0 Å². The lowest BCUT2D eigenvalue weighted by molar-refractivity contribution is 0.0737. The Kier molecular flexibility index (Phi) is 4.48. The summed E-state index contributed by atoms with van der Waals surface area (Å²) in [5.41, 5.74) is 0.397. The number of nitrogens with zero attached hydrogens (tertiary/aromatic N) is 6. The Morgan fingerprint density at radius 3 is 2.62 bits per heavy atom. The van der Waals surface area contributed by atoms with Crippen molar-refractivity contribution in [1.82, 2.24) is 30.0 Å². The second-order valence-corrected chi connectivity index (χ2v) is 7.65. The van der Waals surface area contributed by atoms with Gasteiger partial charge in [0.25, 0.3) is 5.91 Å². The van der Waals surface area contributed by atoms with E-state index >= 15 is 0 Å². The third-order valence-electron chi connectivity index (χ3n) is 5.99. The van der Waals surface area contributed by atoms with E-state index in [-0.39, 0.29) is 11.4 Å². The van der Waals surface area contributed by atoms with E-state index < -0.39 is 0 Å². The van der Waals surface area contributed by atoms with Crippen LogP contribution in [0.4, 0.5) is 0 Å². The highest BCUT2D eigenvalue weighted by Gasteiger charge is 2.48. The minimum Gasteiger partial charge on any atom is -0.336 e. The summed E-state index contributed by atoms with van der Waals surface area (Å²) in [6, 6.07) is 9.88. The Hall–Kier alpha value is -2.28. The minimum atomic E-state index is -0.337. The topological polar surface area (TPSA) is 67.2 Å². The molecule has 1 saturated carbocycles. The zero-order valence-electron chi connectivity index (χ0n) is 15.5. The Morgan fingerprint density at radius 1 is 1.19 bits per heavy atom. The van der Waals surface area contributed by atoms with Crippen LogP contribution < -0.4 is 0 Å². The third kappa shape index (κ3) is 2.80. The highest BCUT2D eigenvalue weighted by atomic mass is 16.2. The molecule has 1 aromatic carbocycles. The monoisotopic (exact) mass is 354 g/mol. The summed E-state index contributed by atoms with van der Waals surface area (Å²) >= 11 is 0. The predicted molar refractivity (Wildman–Crippen MR) is 97.6 cm³/mol. The number of tetrazole rings is 1. The molecule has 0 radical (unpaired) electrons. The molecule has 1 aliphatic heterocycles. The first-order valence-electron chi connectivity index (χ1n) is 9.42. The van der Waals surface area contributed by atoms with Gasteiger partial charge in [0.1, 0.15) is 5.54 Å². The quantitative estimate of drug-likeness (QED) is 0.841. The maximum Gasteiger partial charge on any atom is 0.253 e. The number of carbonyl (C=O) groups excluding carboxylic acids is 1. The molecule has 7 nitrogen and oxygen atoms in total. The lowest BCUT2D eigenvalue weighted by atomic mass is 9.95. The molecule has 2 fully saturated rings. The van der Waals surface area contributed by atoms with Crippen LogP contribution in [0.2, 0.25) is 0 Å². The van der Waals surface area contributed by atoms with E-state index in [1.807, 2.05) is 39.9 Å². The SMILES string of the molecule is CN(C)C1(c2nnnn2C2CCCC2)CCN(C(=O)c2ccccc2)C1. The Labute approximate surface area is 154 Å². The number of hydrogen-bond donors (Lipinski definition) is 0. The standard InChI is InChI=1S/C19H26N6O/c1-23(2)19(18-20-21-22-25(18)16-10-6-7-11-16)12-13-24(14-19)17(26)15-8-4-3-5-9-15/h3-5,8-9,16H,6-7,10-14H2,1-2H3. The van der Waals surface area contributed by atoms with Crippen molar-refractivity contribution in [2.45, 2.75) is 43.7 Å². The predicted octanol–water partition coefficient (Wildman–Crippen LogP) is 2.09. The van der Waals surface area contributed by atoms with Crippen molar-refractivity contribution >= 4 is 5.91 Å². The van der Waals surface area contributed by atoms with Gasteiger partial charge in [-0.3, -0.25) is 9.69 Å². The van der Waals surface area contributed by atoms with Crippen LogP contribution in [-0.4, -0.2) is 63.1 Å². The Bertz CT molecular complexity index is 767. The summed E-state index contributed by atoms with van der Waals surface area (Å²) in [6.07, 6.45) is 5.57. The van der Waals surface area contributed by atoms with E-state index in [0.29, 0.717) is 19.1 Å². The highest BCUT2D eigenvalue weighted by Crippen LogP contribution is 2.38.